The van der Waals surface area contributed by atoms with E-state index in [-0.39, 0.29) is 35.3 Å². The van der Waals surface area contributed by atoms with Crippen LogP contribution in [-0.2, 0) is 25.9 Å². The summed E-state index contributed by atoms with van der Waals surface area (Å²) >= 11 is 2.99. The maximum absolute atomic E-state index is 13.1. The van der Waals surface area contributed by atoms with E-state index < -0.39 is 9.84 Å². The van der Waals surface area contributed by atoms with E-state index in [4.69, 9.17) is 4.74 Å². The molecular weight excluding hydrogens is 468 g/mol. The second kappa shape index (κ2) is 10.7. The van der Waals surface area contributed by atoms with Crippen LogP contribution < -0.4 is 0 Å². The number of carbonyl (C=O) groups excluding carboxylic acids is 1. The van der Waals surface area contributed by atoms with Gasteiger partial charge in [-0.15, -0.1) is 21.5 Å². The van der Waals surface area contributed by atoms with Gasteiger partial charge in [0.1, 0.15) is 0 Å². The lowest BCUT2D eigenvalue weighted by Crippen LogP contribution is -2.42. The molecule has 0 radical (unpaired) electrons. The Morgan fingerprint density at radius 2 is 2.25 bits per heavy atom. The number of carbonyl (C=O) groups is 1. The molecule has 0 spiro atoms. The van der Waals surface area contributed by atoms with Crippen LogP contribution in [0.1, 0.15) is 39.0 Å². The first-order valence-corrected chi connectivity index (χ1v) is 14.9. The normalized spacial score (nSPS) is 22.4. The second-order valence-electron chi connectivity index (χ2n) is 8.32. The van der Waals surface area contributed by atoms with Crippen LogP contribution >= 0.6 is 23.1 Å². The lowest BCUT2D eigenvalue weighted by atomic mass is 10.2. The lowest BCUT2D eigenvalue weighted by molar-refractivity contribution is -0.130. The molecule has 2 fully saturated rings. The van der Waals surface area contributed by atoms with Crippen LogP contribution in [0.5, 0.6) is 0 Å². The van der Waals surface area contributed by atoms with Gasteiger partial charge in [0, 0.05) is 19.2 Å². The Hall–Kier alpha value is -1.43. The van der Waals surface area contributed by atoms with Crippen LogP contribution in [0, 0.1) is 0 Å². The van der Waals surface area contributed by atoms with E-state index in [2.05, 4.69) is 21.7 Å². The van der Waals surface area contributed by atoms with Gasteiger partial charge in [-0.25, -0.2) is 8.42 Å². The Morgan fingerprint density at radius 3 is 2.91 bits per heavy atom. The smallest absolute Gasteiger partial charge is 0.233 e. The van der Waals surface area contributed by atoms with Crippen molar-refractivity contribution < 1.29 is 17.9 Å². The van der Waals surface area contributed by atoms with E-state index in [0.29, 0.717) is 24.7 Å². The molecule has 11 heteroatoms. The van der Waals surface area contributed by atoms with E-state index >= 15 is 0 Å². The van der Waals surface area contributed by atoms with Crippen LogP contribution in [0.15, 0.2) is 22.7 Å². The van der Waals surface area contributed by atoms with Crippen molar-refractivity contribution in [3.63, 3.8) is 0 Å². The number of unbranched alkanes of at least 4 members (excludes halogenated alkanes) is 1. The zero-order chi connectivity index (χ0) is 22.6. The molecule has 0 aliphatic carbocycles. The van der Waals surface area contributed by atoms with Crippen LogP contribution in [-0.4, -0.2) is 76.5 Å². The van der Waals surface area contributed by atoms with Crippen LogP contribution in [0.4, 0.5) is 0 Å². The second-order valence-corrected chi connectivity index (χ2v) is 12.4. The van der Waals surface area contributed by atoms with Crippen molar-refractivity contribution in [1.82, 2.24) is 19.7 Å². The number of thiophene rings is 1. The van der Waals surface area contributed by atoms with Crippen molar-refractivity contribution >= 4 is 38.8 Å². The monoisotopic (exact) mass is 498 g/mol. The molecule has 8 nitrogen and oxygen atoms in total. The number of aromatic nitrogens is 3. The van der Waals surface area contributed by atoms with Gasteiger partial charge < -0.3 is 9.64 Å². The molecule has 2 aliphatic rings. The van der Waals surface area contributed by atoms with Gasteiger partial charge in [-0.2, -0.15) is 0 Å². The highest BCUT2D eigenvalue weighted by atomic mass is 32.2. The summed E-state index contributed by atoms with van der Waals surface area (Å²) in [7, 11) is -3.05. The van der Waals surface area contributed by atoms with Gasteiger partial charge in [0.2, 0.25) is 5.91 Å². The van der Waals surface area contributed by atoms with Crippen LogP contribution in [0.2, 0.25) is 0 Å². The number of nitrogens with zero attached hydrogens (tertiary/aromatic N) is 4. The maximum atomic E-state index is 13.1. The first kappa shape index (κ1) is 23.7. The van der Waals surface area contributed by atoms with Gasteiger partial charge in [0.15, 0.2) is 20.8 Å². The number of ether oxygens (including phenoxy) is 1. The molecule has 0 aromatic carbocycles. The molecule has 1 amide bonds. The van der Waals surface area contributed by atoms with E-state index in [0.717, 1.165) is 43.0 Å². The van der Waals surface area contributed by atoms with Gasteiger partial charge >= 0.3 is 0 Å². The van der Waals surface area contributed by atoms with Gasteiger partial charge in [0.05, 0.1) is 34.8 Å². The SMILES string of the molecule is CCCCN(C(=O)CSc1nnc(-c2cccs2)n1CC1CCCO1)C1CCS(=O)(=O)C1. The Labute approximate surface area is 197 Å². The minimum absolute atomic E-state index is 0.0325. The fourth-order valence-electron chi connectivity index (χ4n) is 4.21. The molecule has 4 rings (SSSR count). The highest BCUT2D eigenvalue weighted by molar-refractivity contribution is 7.99. The predicted octanol–water partition coefficient (Wildman–Crippen LogP) is 3.09. The third-order valence-electron chi connectivity index (χ3n) is 5.92. The molecule has 2 unspecified atom stereocenters. The minimum atomic E-state index is -3.05. The van der Waals surface area contributed by atoms with Crippen molar-refractivity contribution in [2.24, 2.45) is 0 Å². The highest BCUT2D eigenvalue weighted by Crippen LogP contribution is 2.29. The van der Waals surface area contributed by atoms with E-state index in [9.17, 15) is 13.2 Å². The molecule has 0 N–H and O–H groups in total. The first-order valence-electron chi connectivity index (χ1n) is 11.2. The largest absolute Gasteiger partial charge is 0.376 e. The summed E-state index contributed by atoms with van der Waals surface area (Å²) in [5, 5.41) is 11.5. The number of sulfone groups is 1. The molecule has 176 valence electrons. The molecule has 2 saturated heterocycles. The molecular formula is C21H30N4O4S3. The fourth-order valence-corrected chi connectivity index (χ4v) is 7.49. The van der Waals surface area contributed by atoms with E-state index in [1.165, 1.54) is 11.8 Å². The lowest BCUT2D eigenvalue weighted by Gasteiger charge is -2.28. The molecule has 2 atom stereocenters. The van der Waals surface area contributed by atoms with E-state index in [1.807, 2.05) is 17.5 Å². The van der Waals surface area contributed by atoms with Crippen molar-refractivity contribution in [1.29, 1.82) is 0 Å². The Bertz CT molecular complexity index is 1000. The van der Waals surface area contributed by atoms with Gasteiger partial charge in [-0.05, 0) is 37.1 Å². The zero-order valence-electron chi connectivity index (χ0n) is 18.3. The maximum Gasteiger partial charge on any atom is 0.233 e. The molecule has 32 heavy (non-hydrogen) atoms. The summed E-state index contributed by atoms with van der Waals surface area (Å²) in [4.78, 5) is 16.0. The van der Waals surface area contributed by atoms with Crippen LogP contribution in [0.3, 0.4) is 0 Å². The summed E-state index contributed by atoms with van der Waals surface area (Å²) in [6.07, 6.45) is 4.54. The number of amides is 1. The molecule has 2 aromatic heterocycles. The van der Waals surface area contributed by atoms with Crippen LogP contribution in [0.25, 0.3) is 10.7 Å². The average Bonchev–Trinajstić information content (AvgIpc) is 3.55. The van der Waals surface area contributed by atoms with Gasteiger partial charge in [-0.3, -0.25) is 9.36 Å². The average molecular weight is 499 g/mol. The number of thioether (sulfide) groups is 1. The standard InChI is InChI=1S/C21H30N4O4S3/c1-2-3-9-24(16-8-12-32(27,28)15-16)19(26)14-31-21-23-22-20(18-7-5-11-30-18)25(21)13-17-6-4-10-29-17/h5,7,11,16-17H,2-4,6,8-10,12-15H2,1H3. The summed E-state index contributed by atoms with van der Waals surface area (Å²) in [5.74, 6) is 1.23. The van der Waals surface area contributed by atoms with Gasteiger partial charge in [-0.1, -0.05) is 31.2 Å². The summed E-state index contributed by atoms with van der Waals surface area (Å²) in [6.45, 7) is 4.11. The Balaban J connectivity index is 1.48. The molecule has 4 heterocycles. The molecule has 0 bridgehead atoms. The summed E-state index contributed by atoms with van der Waals surface area (Å²) in [5.41, 5.74) is 0. The number of hydrogen-bond acceptors (Lipinski definition) is 8. The zero-order valence-corrected chi connectivity index (χ0v) is 20.8. The Morgan fingerprint density at radius 1 is 1.38 bits per heavy atom. The minimum Gasteiger partial charge on any atom is -0.376 e. The van der Waals surface area contributed by atoms with E-state index in [1.54, 1.807) is 16.2 Å². The Kier molecular flexibility index (Phi) is 7.91. The van der Waals surface area contributed by atoms with Crippen molar-refractivity contribution in [2.45, 2.75) is 62.9 Å². The molecule has 0 saturated carbocycles. The quantitative estimate of drug-likeness (QED) is 0.465. The number of hydrogen-bond donors (Lipinski definition) is 0. The summed E-state index contributed by atoms with van der Waals surface area (Å²) < 4.78 is 31.8. The predicted molar refractivity (Wildman–Crippen MR) is 127 cm³/mol. The van der Waals surface area contributed by atoms with Crippen molar-refractivity contribution in [3.05, 3.63) is 17.5 Å². The summed E-state index contributed by atoms with van der Waals surface area (Å²) in [6, 6.07) is 3.79. The third-order valence-corrected chi connectivity index (χ3v) is 9.48. The first-order chi connectivity index (χ1) is 15.5. The fraction of sp³-hybridized carbons (Fsp3) is 0.667. The third kappa shape index (κ3) is 5.73. The number of rotatable bonds is 10. The molecule has 2 aromatic rings. The van der Waals surface area contributed by atoms with Crippen molar-refractivity contribution in [3.8, 4) is 10.7 Å². The van der Waals surface area contributed by atoms with Gasteiger partial charge in [0.25, 0.3) is 0 Å². The van der Waals surface area contributed by atoms with Crippen molar-refractivity contribution in [2.75, 3.05) is 30.4 Å². The molecule has 2 aliphatic heterocycles. The topological polar surface area (TPSA) is 94.4 Å². The highest BCUT2D eigenvalue weighted by Gasteiger charge is 2.34.